The first-order chi connectivity index (χ1) is 15.4. The summed E-state index contributed by atoms with van der Waals surface area (Å²) in [4.78, 5) is 24.6. The first-order valence-electron chi connectivity index (χ1n) is 10.8. The molecule has 3 N–H and O–H groups in total. The monoisotopic (exact) mass is 457 g/mol. The Kier molecular flexibility index (Phi) is 10.5. The van der Waals surface area contributed by atoms with Crippen molar-refractivity contribution in [2.24, 2.45) is 5.92 Å². The molecule has 0 unspecified atom stereocenters. The number of thiocarbonyl (C=S) groups is 1. The maximum Gasteiger partial charge on any atom is 0.269 e. The highest BCUT2D eigenvalue weighted by molar-refractivity contribution is 7.80. The molecule has 0 fully saturated rings. The van der Waals surface area contributed by atoms with E-state index in [1.54, 1.807) is 48.5 Å². The smallest absolute Gasteiger partial charge is 0.269 e. The Morgan fingerprint density at radius 1 is 0.844 bits per heavy atom. The lowest BCUT2D eigenvalue weighted by atomic mass is 10.2. The van der Waals surface area contributed by atoms with E-state index in [0.717, 1.165) is 19.3 Å². The van der Waals surface area contributed by atoms with Gasteiger partial charge in [-0.25, -0.2) is 0 Å². The van der Waals surface area contributed by atoms with Gasteiger partial charge in [0.05, 0.1) is 13.2 Å². The second-order valence-corrected chi connectivity index (χ2v) is 8.08. The van der Waals surface area contributed by atoms with Gasteiger partial charge in [-0.2, -0.15) is 0 Å². The van der Waals surface area contributed by atoms with E-state index in [9.17, 15) is 9.59 Å². The van der Waals surface area contributed by atoms with Crippen LogP contribution in [0.5, 0.6) is 11.5 Å². The third kappa shape index (κ3) is 8.93. The van der Waals surface area contributed by atoms with Crippen LogP contribution < -0.4 is 25.6 Å². The highest BCUT2D eigenvalue weighted by atomic mass is 32.1. The first-order valence-corrected chi connectivity index (χ1v) is 11.2. The topological polar surface area (TPSA) is 88.7 Å². The molecule has 0 aromatic heterocycles. The second-order valence-electron chi connectivity index (χ2n) is 7.67. The highest BCUT2D eigenvalue weighted by Gasteiger charge is 2.10. The highest BCUT2D eigenvalue weighted by Crippen LogP contribution is 2.14. The molecule has 32 heavy (non-hydrogen) atoms. The number of ether oxygens (including phenoxy) is 2. The van der Waals surface area contributed by atoms with Crippen LogP contribution in [0.25, 0.3) is 0 Å². The van der Waals surface area contributed by atoms with Crippen molar-refractivity contribution in [3.05, 3.63) is 59.7 Å². The van der Waals surface area contributed by atoms with Gasteiger partial charge in [-0.05, 0) is 73.1 Å². The van der Waals surface area contributed by atoms with E-state index in [-0.39, 0.29) is 16.9 Å². The van der Waals surface area contributed by atoms with Crippen LogP contribution in [-0.2, 0) is 0 Å². The summed E-state index contributed by atoms with van der Waals surface area (Å²) in [5, 5.41) is 2.51. The number of hydrogen-bond acceptors (Lipinski definition) is 5. The minimum Gasteiger partial charge on any atom is -0.494 e. The molecule has 8 heteroatoms. The molecule has 2 amide bonds. The van der Waals surface area contributed by atoms with Gasteiger partial charge < -0.3 is 9.47 Å². The Labute approximate surface area is 194 Å². The zero-order valence-corrected chi connectivity index (χ0v) is 19.6. The third-order valence-corrected chi connectivity index (χ3v) is 4.55. The number of rotatable bonds is 10. The molecule has 0 aliphatic heterocycles. The lowest BCUT2D eigenvalue weighted by Crippen LogP contribution is -2.48. The molecule has 7 nitrogen and oxygen atoms in total. The van der Waals surface area contributed by atoms with Gasteiger partial charge in [0, 0.05) is 11.1 Å². The molecule has 0 aliphatic rings. The molecular weight excluding hydrogens is 426 g/mol. The maximum atomic E-state index is 12.3. The van der Waals surface area contributed by atoms with E-state index in [4.69, 9.17) is 21.7 Å². The standard InChI is InChI=1S/C24H31N3O4S/c1-4-5-6-15-30-20-11-7-18(8-12-20)22(28)25-24(32)27-26-23(29)19-9-13-21(14-10-19)31-16-17(2)3/h7-14,17H,4-6,15-16H2,1-3H3,(H,26,29)(H2,25,27,28,32). The van der Waals surface area contributed by atoms with Crippen LogP contribution in [0, 0.1) is 5.92 Å². The Hall–Kier alpha value is -3.13. The minimum absolute atomic E-state index is 0.0138. The summed E-state index contributed by atoms with van der Waals surface area (Å²) >= 11 is 5.08. The number of carbonyl (C=O) groups is 2. The molecule has 2 aromatic rings. The number of benzene rings is 2. The van der Waals surface area contributed by atoms with Crippen molar-refractivity contribution in [2.75, 3.05) is 13.2 Å². The molecule has 0 aliphatic carbocycles. The average Bonchev–Trinajstić information content (AvgIpc) is 2.79. The quantitative estimate of drug-likeness (QED) is 0.281. The molecule has 0 atom stereocenters. The van der Waals surface area contributed by atoms with Crippen LogP contribution in [0.15, 0.2) is 48.5 Å². The maximum absolute atomic E-state index is 12.3. The van der Waals surface area contributed by atoms with Crippen molar-refractivity contribution in [1.82, 2.24) is 16.2 Å². The number of amides is 2. The molecular formula is C24H31N3O4S. The summed E-state index contributed by atoms with van der Waals surface area (Å²) in [5.41, 5.74) is 5.85. The van der Waals surface area contributed by atoms with Gasteiger partial charge in [0.2, 0.25) is 0 Å². The van der Waals surface area contributed by atoms with E-state index >= 15 is 0 Å². The zero-order valence-electron chi connectivity index (χ0n) is 18.8. The number of carbonyl (C=O) groups excluding carboxylic acids is 2. The van der Waals surface area contributed by atoms with Crippen LogP contribution in [0.3, 0.4) is 0 Å². The van der Waals surface area contributed by atoms with Gasteiger partial charge in [0.15, 0.2) is 5.11 Å². The molecule has 172 valence electrons. The number of hydrogen-bond donors (Lipinski definition) is 3. The van der Waals surface area contributed by atoms with Crippen molar-refractivity contribution in [3.63, 3.8) is 0 Å². The van der Waals surface area contributed by atoms with Crippen molar-refractivity contribution in [3.8, 4) is 11.5 Å². The van der Waals surface area contributed by atoms with Crippen LogP contribution >= 0.6 is 12.2 Å². The van der Waals surface area contributed by atoms with Gasteiger partial charge in [0.25, 0.3) is 11.8 Å². The lowest BCUT2D eigenvalue weighted by molar-refractivity contribution is 0.0934. The number of hydrazine groups is 1. The summed E-state index contributed by atoms with van der Waals surface area (Å²) in [7, 11) is 0. The molecule has 2 aromatic carbocycles. The molecule has 0 bridgehead atoms. The minimum atomic E-state index is -0.388. The molecule has 0 heterocycles. The predicted octanol–water partition coefficient (Wildman–Crippen LogP) is 4.24. The molecule has 0 radical (unpaired) electrons. The number of unbranched alkanes of at least 4 members (excludes halogenated alkanes) is 2. The molecule has 0 saturated heterocycles. The van der Waals surface area contributed by atoms with Gasteiger partial charge in [-0.3, -0.25) is 25.8 Å². The SMILES string of the molecule is CCCCCOc1ccc(C(=O)NC(=S)NNC(=O)c2ccc(OCC(C)C)cc2)cc1. The Balaban J connectivity index is 1.76. The summed E-state index contributed by atoms with van der Waals surface area (Å²) < 4.78 is 11.2. The van der Waals surface area contributed by atoms with Crippen LogP contribution in [-0.4, -0.2) is 30.1 Å². The van der Waals surface area contributed by atoms with E-state index < -0.39 is 0 Å². The predicted molar refractivity (Wildman–Crippen MR) is 129 cm³/mol. The summed E-state index contributed by atoms with van der Waals surface area (Å²) in [6.07, 6.45) is 3.26. The van der Waals surface area contributed by atoms with Crippen LogP contribution in [0.1, 0.15) is 60.7 Å². The fourth-order valence-corrected chi connectivity index (χ4v) is 2.75. The normalized spacial score (nSPS) is 10.4. The van der Waals surface area contributed by atoms with E-state index in [1.807, 2.05) is 0 Å². The fourth-order valence-electron chi connectivity index (χ4n) is 2.60. The molecule has 0 spiro atoms. The van der Waals surface area contributed by atoms with Crippen molar-refractivity contribution in [2.45, 2.75) is 40.0 Å². The summed E-state index contributed by atoms with van der Waals surface area (Å²) in [6, 6.07) is 13.6. The third-order valence-electron chi connectivity index (χ3n) is 4.35. The molecule has 0 saturated carbocycles. The second kappa shape index (κ2) is 13.3. The van der Waals surface area contributed by atoms with Crippen molar-refractivity contribution >= 4 is 29.1 Å². The Morgan fingerprint density at radius 3 is 1.97 bits per heavy atom. The van der Waals surface area contributed by atoms with Crippen molar-refractivity contribution < 1.29 is 19.1 Å². The average molecular weight is 458 g/mol. The largest absolute Gasteiger partial charge is 0.494 e. The molecule has 2 rings (SSSR count). The summed E-state index contributed by atoms with van der Waals surface area (Å²) in [5.74, 6) is 1.05. The van der Waals surface area contributed by atoms with Gasteiger partial charge in [-0.1, -0.05) is 33.6 Å². The van der Waals surface area contributed by atoms with Gasteiger partial charge in [0.1, 0.15) is 11.5 Å². The Bertz CT molecular complexity index is 883. The van der Waals surface area contributed by atoms with Gasteiger partial charge >= 0.3 is 0 Å². The van der Waals surface area contributed by atoms with E-state index in [0.29, 0.717) is 41.8 Å². The zero-order chi connectivity index (χ0) is 23.3. The number of nitrogens with one attached hydrogen (secondary N) is 3. The van der Waals surface area contributed by atoms with Crippen molar-refractivity contribution in [1.29, 1.82) is 0 Å². The van der Waals surface area contributed by atoms with E-state index in [1.165, 1.54) is 0 Å². The Morgan fingerprint density at radius 2 is 1.41 bits per heavy atom. The lowest BCUT2D eigenvalue weighted by Gasteiger charge is -2.12. The van der Waals surface area contributed by atoms with Crippen LogP contribution in [0.2, 0.25) is 0 Å². The van der Waals surface area contributed by atoms with Crippen LogP contribution in [0.4, 0.5) is 0 Å². The van der Waals surface area contributed by atoms with E-state index in [2.05, 4.69) is 36.9 Å². The summed E-state index contributed by atoms with van der Waals surface area (Å²) in [6.45, 7) is 7.53. The van der Waals surface area contributed by atoms with Gasteiger partial charge in [-0.15, -0.1) is 0 Å². The fraction of sp³-hybridized carbons (Fsp3) is 0.375. The first kappa shape index (κ1) is 25.1.